The molecule has 0 aliphatic carbocycles. The number of carboxylic acid groups (broad SMARTS) is 2. The highest BCUT2D eigenvalue weighted by Crippen LogP contribution is 2.26. The summed E-state index contributed by atoms with van der Waals surface area (Å²) in [6.07, 6.45) is -3.30. The maximum absolute atomic E-state index is 12.1. The van der Waals surface area contributed by atoms with Crippen LogP contribution in [0, 0.1) is 0 Å². The van der Waals surface area contributed by atoms with Crippen LogP contribution in [0.15, 0.2) is 0 Å². The third-order valence-corrected chi connectivity index (χ3v) is 2.12. The lowest BCUT2D eigenvalue weighted by Crippen LogP contribution is -2.55. The minimum Gasteiger partial charge on any atom is -0.473 e. The maximum atomic E-state index is 12.1. The first-order valence-corrected chi connectivity index (χ1v) is 4.67. The second-order valence-electron chi connectivity index (χ2n) is 3.29. The minimum absolute atomic E-state index is 0.330. The van der Waals surface area contributed by atoms with E-state index in [1.165, 1.54) is 4.90 Å². The van der Waals surface area contributed by atoms with Crippen molar-refractivity contribution in [3.05, 3.63) is 0 Å². The number of hydrogen-bond acceptors (Lipinski definition) is 4. The van der Waals surface area contributed by atoms with E-state index in [0.29, 0.717) is 13.1 Å². The van der Waals surface area contributed by atoms with Gasteiger partial charge in [0.1, 0.15) is 6.04 Å². The number of hydrogen-bond donors (Lipinski definition) is 3. The zero-order valence-electron chi connectivity index (χ0n) is 8.78. The maximum Gasteiger partial charge on any atom is 0.414 e. The highest BCUT2D eigenvalue weighted by atomic mass is 19.4. The van der Waals surface area contributed by atoms with Gasteiger partial charge in [0.2, 0.25) is 0 Å². The van der Waals surface area contributed by atoms with Crippen molar-refractivity contribution >= 4 is 11.9 Å². The van der Waals surface area contributed by atoms with Crippen LogP contribution in [0.4, 0.5) is 13.2 Å². The van der Waals surface area contributed by atoms with Crippen LogP contribution >= 0.6 is 0 Å². The second-order valence-corrected chi connectivity index (χ2v) is 3.29. The van der Waals surface area contributed by atoms with Gasteiger partial charge in [0.05, 0.1) is 0 Å². The molecular formula is C8H13F3N2O4. The van der Waals surface area contributed by atoms with Gasteiger partial charge in [-0.3, -0.25) is 4.90 Å². The summed E-state index contributed by atoms with van der Waals surface area (Å²) >= 11 is 0. The van der Waals surface area contributed by atoms with E-state index in [1.54, 1.807) is 0 Å². The van der Waals surface area contributed by atoms with Gasteiger partial charge in [-0.05, 0) is 6.42 Å². The van der Waals surface area contributed by atoms with Crippen molar-refractivity contribution in [2.75, 3.05) is 19.6 Å². The molecule has 4 N–H and O–H groups in total. The number of carboxylic acids is 2. The Hall–Kier alpha value is -1.35. The number of alkyl halides is 3. The molecule has 9 heteroatoms. The summed E-state index contributed by atoms with van der Waals surface area (Å²) in [6.45, 7) is 0.728. The van der Waals surface area contributed by atoms with Gasteiger partial charge in [0.15, 0.2) is 0 Å². The van der Waals surface area contributed by atoms with Crippen LogP contribution in [-0.2, 0) is 9.59 Å². The molecule has 1 saturated heterocycles. The zero-order chi connectivity index (χ0) is 13.6. The first kappa shape index (κ1) is 15.7. The van der Waals surface area contributed by atoms with Crippen molar-refractivity contribution in [1.82, 2.24) is 4.90 Å². The smallest absolute Gasteiger partial charge is 0.414 e. The molecular weight excluding hydrogens is 245 g/mol. The molecule has 1 aliphatic rings. The average Bonchev–Trinajstić information content (AvgIpc) is 2.09. The molecule has 0 amide bonds. The molecule has 1 heterocycles. The molecule has 6 nitrogen and oxygen atoms in total. The summed E-state index contributed by atoms with van der Waals surface area (Å²) in [4.78, 5) is 19.6. The molecule has 0 bridgehead atoms. The quantitative estimate of drug-likeness (QED) is 0.589. The molecule has 0 spiro atoms. The molecule has 1 fully saturated rings. The Morgan fingerprint density at radius 1 is 1.24 bits per heavy atom. The van der Waals surface area contributed by atoms with Crippen molar-refractivity contribution < 1.29 is 33.0 Å². The predicted octanol–water partition coefficient (Wildman–Crippen LogP) is -0.263. The van der Waals surface area contributed by atoms with Crippen LogP contribution in [0.1, 0.15) is 6.42 Å². The van der Waals surface area contributed by atoms with Crippen molar-refractivity contribution in [2.24, 2.45) is 5.73 Å². The number of rotatable bonds is 2. The number of aliphatic carboxylic acids is 2. The zero-order valence-corrected chi connectivity index (χ0v) is 8.78. The van der Waals surface area contributed by atoms with Crippen LogP contribution in [0.3, 0.4) is 0 Å². The van der Waals surface area contributed by atoms with Crippen molar-refractivity contribution in [2.45, 2.75) is 18.6 Å². The molecule has 1 aliphatic heterocycles. The van der Waals surface area contributed by atoms with Crippen LogP contribution in [0.5, 0.6) is 0 Å². The van der Waals surface area contributed by atoms with E-state index in [2.05, 4.69) is 0 Å². The number of nitrogens with two attached hydrogens (primary N) is 1. The van der Waals surface area contributed by atoms with Gasteiger partial charge in [-0.15, -0.1) is 0 Å². The molecule has 0 saturated carbocycles. The molecule has 1 rings (SSSR count). The highest BCUT2D eigenvalue weighted by Gasteiger charge is 2.44. The number of likely N-dealkylation sites (tertiary alicyclic amines) is 1. The van der Waals surface area contributed by atoms with Gasteiger partial charge in [0, 0.05) is 19.6 Å². The van der Waals surface area contributed by atoms with Gasteiger partial charge < -0.3 is 15.9 Å². The minimum atomic E-state index is -4.16. The van der Waals surface area contributed by atoms with E-state index in [9.17, 15) is 13.2 Å². The van der Waals surface area contributed by atoms with E-state index >= 15 is 0 Å². The third-order valence-electron chi connectivity index (χ3n) is 2.12. The number of nitrogens with zero attached hydrogens (tertiary/aromatic N) is 1. The van der Waals surface area contributed by atoms with Crippen molar-refractivity contribution in [3.63, 3.8) is 0 Å². The van der Waals surface area contributed by atoms with E-state index in [4.69, 9.17) is 25.5 Å². The van der Waals surface area contributed by atoms with Crippen molar-refractivity contribution in [1.29, 1.82) is 0 Å². The molecule has 1 unspecified atom stereocenters. The fourth-order valence-corrected chi connectivity index (χ4v) is 1.14. The number of halogens is 3. The second kappa shape index (κ2) is 6.40. The third kappa shape index (κ3) is 5.50. The molecule has 100 valence electrons. The fraction of sp³-hybridized carbons (Fsp3) is 0.750. The highest BCUT2D eigenvalue weighted by molar-refractivity contribution is 6.27. The van der Waals surface area contributed by atoms with E-state index in [0.717, 1.165) is 6.42 Å². The summed E-state index contributed by atoms with van der Waals surface area (Å²) < 4.78 is 36.2. The van der Waals surface area contributed by atoms with Gasteiger partial charge in [0.25, 0.3) is 0 Å². The Morgan fingerprint density at radius 2 is 1.65 bits per heavy atom. The van der Waals surface area contributed by atoms with E-state index in [1.807, 2.05) is 0 Å². The monoisotopic (exact) mass is 258 g/mol. The van der Waals surface area contributed by atoms with Crippen LogP contribution in [0.25, 0.3) is 0 Å². The van der Waals surface area contributed by atoms with Gasteiger partial charge >= 0.3 is 18.1 Å². The Labute approximate surface area is 94.8 Å². The molecule has 0 radical (unpaired) electrons. The van der Waals surface area contributed by atoms with E-state index in [-0.39, 0.29) is 6.54 Å². The number of carbonyl (C=O) groups is 2. The Balaban J connectivity index is 0.000000366. The lowest BCUT2D eigenvalue weighted by molar-refractivity contribution is -0.189. The summed E-state index contributed by atoms with van der Waals surface area (Å²) in [5, 5.41) is 14.8. The molecule has 1 atom stereocenters. The molecule has 17 heavy (non-hydrogen) atoms. The summed E-state index contributed by atoms with van der Waals surface area (Å²) in [5.74, 6) is -3.65. The Bertz CT molecular complexity index is 266. The molecule has 0 aromatic carbocycles. The standard InChI is InChI=1S/C6H11F3N2.C2H2O4/c7-6(8,9)5(4-10)11-2-1-3-11;3-1(4)2(5)6/h5H,1-4,10H2;(H,3,4)(H,5,6). The summed E-state index contributed by atoms with van der Waals surface area (Å²) in [7, 11) is 0. The summed E-state index contributed by atoms with van der Waals surface area (Å²) in [5.41, 5.74) is 5.01. The normalized spacial score (nSPS) is 17.4. The van der Waals surface area contributed by atoms with E-state index < -0.39 is 24.2 Å². The lowest BCUT2D eigenvalue weighted by atomic mass is 10.1. The van der Waals surface area contributed by atoms with Gasteiger partial charge in [-0.1, -0.05) is 0 Å². The SMILES string of the molecule is NCC(N1CCC1)C(F)(F)F.O=C(O)C(=O)O. The van der Waals surface area contributed by atoms with Crippen molar-refractivity contribution in [3.8, 4) is 0 Å². The molecule has 0 aromatic heterocycles. The van der Waals surface area contributed by atoms with Crippen LogP contribution < -0.4 is 5.73 Å². The Morgan fingerprint density at radius 3 is 1.71 bits per heavy atom. The predicted molar refractivity (Wildman–Crippen MR) is 50.4 cm³/mol. The first-order valence-electron chi connectivity index (χ1n) is 4.67. The van der Waals surface area contributed by atoms with Crippen LogP contribution in [0.2, 0.25) is 0 Å². The fourth-order valence-electron chi connectivity index (χ4n) is 1.14. The first-order chi connectivity index (χ1) is 7.70. The van der Waals surface area contributed by atoms with Gasteiger partial charge in [-0.25, -0.2) is 9.59 Å². The van der Waals surface area contributed by atoms with Crippen LogP contribution in [-0.4, -0.2) is 58.9 Å². The Kier molecular flexibility index (Phi) is 5.89. The lowest BCUT2D eigenvalue weighted by Gasteiger charge is -2.38. The van der Waals surface area contributed by atoms with Gasteiger partial charge in [-0.2, -0.15) is 13.2 Å². The largest absolute Gasteiger partial charge is 0.473 e. The average molecular weight is 258 g/mol. The molecule has 0 aromatic rings. The topological polar surface area (TPSA) is 104 Å². The summed E-state index contributed by atoms with van der Waals surface area (Å²) in [6, 6.07) is -1.42.